The molecule has 1 unspecified atom stereocenters. The number of nitrogens with zero attached hydrogens (tertiary/aromatic N) is 3. The van der Waals surface area contributed by atoms with E-state index in [1.165, 1.54) is 0 Å². The molecular formula is C17H21N3O2S. The normalized spacial score (nSPS) is 16.8. The van der Waals surface area contributed by atoms with Crippen LogP contribution in [0.2, 0.25) is 0 Å². The van der Waals surface area contributed by atoms with E-state index in [2.05, 4.69) is 16.5 Å². The molecule has 1 aliphatic rings. The van der Waals surface area contributed by atoms with Crippen molar-refractivity contribution in [1.29, 1.82) is 0 Å². The second-order valence-corrected chi connectivity index (χ2v) is 7.51. The van der Waals surface area contributed by atoms with Gasteiger partial charge in [-0.25, -0.2) is 9.97 Å². The Kier molecular flexibility index (Phi) is 4.19. The van der Waals surface area contributed by atoms with Gasteiger partial charge in [0.15, 0.2) is 0 Å². The number of aromatic nitrogens is 3. The first-order chi connectivity index (χ1) is 10.9. The third-order valence-corrected chi connectivity index (χ3v) is 5.27. The molecule has 1 atom stereocenters. The van der Waals surface area contributed by atoms with Crippen molar-refractivity contribution in [3.63, 3.8) is 0 Å². The van der Waals surface area contributed by atoms with Crippen molar-refractivity contribution in [2.24, 2.45) is 0 Å². The van der Waals surface area contributed by atoms with E-state index < -0.39 is 10.8 Å². The maximum Gasteiger partial charge on any atom is 0.260 e. The van der Waals surface area contributed by atoms with Crippen molar-refractivity contribution < 1.29 is 4.21 Å². The Morgan fingerprint density at radius 2 is 2.04 bits per heavy atom. The van der Waals surface area contributed by atoms with Crippen LogP contribution >= 0.6 is 0 Å². The number of fused-ring (bicyclic) bond motifs is 1. The van der Waals surface area contributed by atoms with Crippen LogP contribution in [0.1, 0.15) is 49.8 Å². The first-order valence-electron chi connectivity index (χ1n) is 7.83. The molecule has 1 saturated carbocycles. The molecule has 2 aromatic rings. The molecule has 3 rings (SSSR count). The van der Waals surface area contributed by atoms with Gasteiger partial charge in [-0.15, -0.1) is 0 Å². The molecule has 2 aromatic heterocycles. The van der Waals surface area contributed by atoms with Gasteiger partial charge in [-0.05, 0) is 37.8 Å². The lowest BCUT2D eigenvalue weighted by Crippen LogP contribution is -2.28. The van der Waals surface area contributed by atoms with Crippen LogP contribution < -0.4 is 5.56 Å². The molecule has 23 heavy (non-hydrogen) atoms. The highest BCUT2D eigenvalue weighted by Crippen LogP contribution is 2.32. The van der Waals surface area contributed by atoms with Gasteiger partial charge in [-0.1, -0.05) is 19.4 Å². The molecule has 122 valence electrons. The average molecular weight is 331 g/mol. The largest absolute Gasteiger partial charge is 0.289 e. The SMILES string of the molecule is C=C(C)c1c(C)c2cnc(S(C)=O)nc2n(C2CCCC2)c1=O. The van der Waals surface area contributed by atoms with Crippen LogP contribution in [-0.4, -0.2) is 25.0 Å². The van der Waals surface area contributed by atoms with Gasteiger partial charge in [0.05, 0.1) is 10.8 Å². The van der Waals surface area contributed by atoms with E-state index in [-0.39, 0.29) is 16.8 Å². The van der Waals surface area contributed by atoms with Crippen LogP contribution in [0.5, 0.6) is 0 Å². The molecule has 1 fully saturated rings. The Labute approximate surface area is 137 Å². The number of hydrogen-bond donors (Lipinski definition) is 0. The average Bonchev–Trinajstić information content (AvgIpc) is 3.00. The Morgan fingerprint density at radius 3 is 2.61 bits per heavy atom. The minimum Gasteiger partial charge on any atom is -0.289 e. The lowest BCUT2D eigenvalue weighted by atomic mass is 10.0. The molecular weight excluding hydrogens is 310 g/mol. The summed E-state index contributed by atoms with van der Waals surface area (Å²) in [5, 5.41) is 1.11. The van der Waals surface area contributed by atoms with E-state index >= 15 is 0 Å². The van der Waals surface area contributed by atoms with Gasteiger partial charge in [0.2, 0.25) is 5.16 Å². The molecule has 0 spiro atoms. The predicted molar refractivity (Wildman–Crippen MR) is 93.1 cm³/mol. The fraction of sp³-hybridized carbons (Fsp3) is 0.471. The van der Waals surface area contributed by atoms with E-state index in [9.17, 15) is 9.00 Å². The molecule has 0 aliphatic heterocycles. The van der Waals surface area contributed by atoms with Crippen LogP contribution in [0.4, 0.5) is 0 Å². The maximum absolute atomic E-state index is 13.1. The van der Waals surface area contributed by atoms with Crippen molar-refractivity contribution >= 4 is 27.4 Å². The zero-order valence-corrected chi connectivity index (χ0v) is 14.6. The monoisotopic (exact) mass is 331 g/mol. The van der Waals surface area contributed by atoms with Gasteiger partial charge in [-0.2, -0.15) is 0 Å². The third kappa shape index (κ3) is 2.65. The minimum absolute atomic E-state index is 0.0408. The van der Waals surface area contributed by atoms with Gasteiger partial charge >= 0.3 is 0 Å². The minimum atomic E-state index is -1.28. The standard InChI is InChI=1S/C17H21N3O2S/c1-10(2)14-11(3)13-9-18-17(23(4)22)19-15(13)20(16(14)21)12-7-5-6-8-12/h9,12H,1,5-8H2,2-4H3. The van der Waals surface area contributed by atoms with Crippen LogP contribution in [0, 0.1) is 6.92 Å². The Bertz CT molecular complexity index is 880. The summed E-state index contributed by atoms with van der Waals surface area (Å²) in [4.78, 5) is 21.8. The Hall–Kier alpha value is -1.82. The zero-order valence-electron chi connectivity index (χ0n) is 13.8. The van der Waals surface area contributed by atoms with Crippen molar-refractivity contribution in [2.45, 2.75) is 50.7 Å². The molecule has 2 heterocycles. The molecule has 0 saturated heterocycles. The van der Waals surface area contributed by atoms with Crippen molar-refractivity contribution in [1.82, 2.24) is 14.5 Å². The van der Waals surface area contributed by atoms with Gasteiger partial charge in [0.25, 0.3) is 5.56 Å². The topological polar surface area (TPSA) is 64.8 Å². The second kappa shape index (κ2) is 6.00. The lowest BCUT2D eigenvalue weighted by molar-refractivity contribution is 0.513. The van der Waals surface area contributed by atoms with E-state index in [0.717, 1.165) is 42.2 Å². The summed E-state index contributed by atoms with van der Waals surface area (Å²) >= 11 is 0. The van der Waals surface area contributed by atoms with Crippen LogP contribution in [0.3, 0.4) is 0 Å². The van der Waals surface area contributed by atoms with E-state index in [0.29, 0.717) is 11.2 Å². The summed E-state index contributed by atoms with van der Waals surface area (Å²) in [5.74, 6) is 0. The van der Waals surface area contributed by atoms with Crippen molar-refractivity contribution in [2.75, 3.05) is 6.26 Å². The maximum atomic E-state index is 13.1. The van der Waals surface area contributed by atoms with Crippen LogP contribution in [0.15, 0.2) is 22.7 Å². The van der Waals surface area contributed by atoms with Gasteiger partial charge in [-0.3, -0.25) is 13.6 Å². The fourth-order valence-electron chi connectivity index (χ4n) is 3.46. The Balaban J connectivity index is 2.43. The van der Waals surface area contributed by atoms with Crippen LogP contribution in [0.25, 0.3) is 16.6 Å². The zero-order chi connectivity index (χ0) is 16.7. The summed E-state index contributed by atoms with van der Waals surface area (Å²) in [6, 6.07) is 0.150. The first kappa shape index (κ1) is 16.1. The number of allylic oxidation sites excluding steroid dienone is 1. The lowest BCUT2D eigenvalue weighted by Gasteiger charge is -2.20. The molecule has 0 aromatic carbocycles. The van der Waals surface area contributed by atoms with E-state index in [4.69, 9.17) is 0 Å². The summed E-state index contributed by atoms with van der Waals surface area (Å²) in [7, 11) is -1.28. The Morgan fingerprint density at radius 1 is 1.39 bits per heavy atom. The smallest absolute Gasteiger partial charge is 0.260 e. The molecule has 6 heteroatoms. The molecule has 0 bridgehead atoms. The number of aryl methyl sites for hydroxylation is 1. The fourth-order valence-corrected chi connectivity index (χ4v) is 3.88. The highest BCUT2D eigenvalue weighted by atomic mass is 32.2. The number of rotatable bonds is 3. The summed E-state index contributed by atoms with van der Waals surface area (Å²) in [6.45, 7) is 7.72. The summed E-state index contributed by atoms with van der Waals surface area (Å²) in [6.07, 6.45) is 7.42. The summed E-state index contributed by atoms with van der Waals surface area (Å²) in [5.41, 5.74) is 2.81. The molecule has 0 radical (unpaired) electrons. The van der Waals surface area contributed by atoms with Gasteiger partial charge in [0, 0.05) is 29.4 Å². The molecule has 0 N–H and O–H groups in total. The predicted octanol–water partition coefficient (Wildman–Crippen LogP) is 2.99. The number of hydrogen-bond acceptors (Lipinski definition) is 4. The molecule has 0 amide bonds. The summed E-state index contributed by atoms with van der Waals surface area (Å²) < 4.78 is 13.5. The van der Waals surface area contributed by atoms with Crippen molar-refractivity contribution in [3.8, 4) is 0 Å². The van der Waals surface area contributed by atoms with Gasteiger partial charge in [0.1, 0.15) is 5.65 Å². The molecule has 1 aliphatic carbocycles. The van der Waals surface area contributed by atoms with Crippen molar-refractivity contribution in [3.05, 3.63) is 34.3 Å². The number of pyridine rings is 1. The third-order valence-electron chi connectivity index (χ3n) is 4.56. The van der Waals surface area contributed by atoms with E-state index in [1.807, 2.05) is 13.8 Å². The first-order valence-corrected chi connectivity index (χ1v) is 9.38. The highest BCUT2D eigenvalue weighted by Gasteiger charge is 2.24. The molecule has 5 nitrogen and oxygen atoms in total. The second-order valence-electron chi connectivity index (χ2n) is 6.24. The van der Waals surface area contributed by atoms with Gasteiger partial charge < -0.3 is 0 Å². The quantitative estimate of drug-likeness (QED) is 0.811. The highest BCUT2D eigenvalue weighted by molar-refractivity contribution is 7.84. The van der Waals surface area contributed by atoms with Crippen LogP contribution in [-0.2, 0) is 10.8 Å². The van der Waals surface area contributed by atoms with E-state index in [1.54, 1.807) is 17.0 Å².